The number of ether oxygens (including phenoxy) is 1. The Bertz CT molecular complexity index is 439. The fourth-order valence-corrected chi connectivity index (χ4v) is 2.83. The zero-order valence-corrected chi connectivity index (χ0v) is 11.4. The normalized spacial score (nSPS) is 24.4. The molecular formula is C13H19ClN2O2. The number of nitrogens with zero attached hydrogens (tertiary/aromatic N) is 1. The summed E-state index contributed by atoms with van der Waals surface area (Å²) in [5.74, 6) is 0.973. The van der Waals surface area contributed by atoms with E-state index >= 15 is 0 Å². The van der Waals surface area contributed by atoms with Gasteiger partial charge in [-0.05, 0) is 32.0 Å². The number of aromatic hydroxyl groups is 1. The van der Waals surface area contributed by atoms with Gasteiger partial charge in [0, 0.05) is 18.2 Å². The third kappa shape index (κ3) is 2.28. The molecule has 5 heteroatoms. The van der Waals surface area contributed by atoms with Crippen LogP contribution in [0.2, 0.25) is 5.02 Å². The zero-order chi connectivity index (χ0) is 13.3. The molecular weight excluding hydrogens is 252 g/mol. The summed E-state index contributed by atoms with van der Waals surface area (Å²) in [7, 11) is 3.61. The van der Waals surface area contributed by atoms with Gasteiger partial charge in [0.05, 0.1) is 12.1 Å². The van der Waals surface area contributed by atoms with Crippen molar-refractivity contribution >= 4 is 11.6 Å². The van der Waals surface area contributed by atoms with Crippen molar-refractivity contribution in [1.29, 1.82) is 0 Å². The predicted molar refractivity (Wildman–Crippen MR) is 72.2 cm³/mol. The molecule has 1 aromatic rings. The molecule has 2 rings (SSSR count). The molecule has 1 fully saturated rings. The van der Waals surface area contributed by atoms with Crippen LogP contribution in [0.5, 0.6) is 11.5 Å². The second-order valence-electron chi connectivity index (χ2n) is 4.81. The first-order valence-electron chi connectivity index (χ1n) is 6.04. The minimum absolute atomic E-state index is 0.0151. The van der Waals surface area contributed by atoms with Crippen LogP contribution in [0.15, 0.2) is 12.1 Å². The number of nitrogens with two attached hydrogens (primary N) is 1. The average Bonchev–Trinajstić information content (AvgIpc) is 2.74. The molecule has 1 heterocycles. The Morgan fingerprint density at radius 2 is 2.28 bits per heavy atom. The lowest BCUT2D eigenvalue weighted by molar-refractivity contribution is 0.298. The Hall–Kier alpha value is -0.970. The second-order valence-corrected chi connectivity index (χ2v) is 5.22. The third-order valence-electron chi connectivity index (χ3n) is 3.64. The van der Waals surface area contributed by atoms with E-state index in [-0.39, 0.29) is 11.8 Å². The monoisotopic (exact) mass is 270 g/mol. The molecule has 0 saturated carbocycles. The van der Waals surface area contributed by atoms with Crippen molar-refractivity contribution in [2.75, 3.05) is 27.2 Å². The van der Waals surface area contributed by atoms with Crippen molar-refractivity contribution in [3.05, 3.63) is 22.7 Å². The van der Waals surface area contributed by atoms with E-state index in [4.69, 9.17) is 22.1 Å². The molecule has 0 amide bonds. The Morgan fingerprint density at radius 3 is 2.83 bits per heavy atom. The van der Waals surface area contributed by atoms with Gasteiger partial charge in [-0.2, -0.15) is 0 Å². The van der Waals surface area contributed by atoms with Crippen molar-refractivity contribution in [1.82, 2.24) is 4.90 Å². The molecule has 0 spiro atoms. The number of methoxy groups -OCH3 is 1. The average molecular weight is 271 g/mol. The van der Waals surface area contributed by atoms with Gasteiger partial charge in [0.1, 0.15) is 0 Å². The number of phenols is 1. The molecule has 100 valence electrons. The van der Waals surface area contributed by atoms with Crippen LogP contribution in [0.25, 0.3) is 0 Å². The molecule has 3 N–H and O–H groups in total. The summed E-state index contributed by atoms with van der Waals surface area (Å²) >= 11 is 5.90. The molecule has 1 aliphatic rings. The standard InChI is InChI=1S/C13H19ClN2O2/c1-16-7-8(6-15)5-11(16)9-3-4-10(14)12(17)13(9)18-2/h3-4,8,11,17H,5-7,15H2,1-2H3. The number of benzene rings is 1. The minimum atomic E-state index is 0.0151. The molecule has 2 unspecified atom stereocenters. The van der Waals surface area contributed by atoms with Crippen LogP contribution in [0.1, 0.15) is 18.0 Å². The van der Waals surface area contributed by atoms with Gasteiger partial charge in [-0.15, -0.1) is 0 Å². The summed E-state index contributed by atoms with van der Waals surface area (Å²) in [6, 6.07) is 3.84. The van der Waals surface area contributed by atoms with E-state index in [0.717, 1.165) is 18.5 Å². The van der Waals surface area contributed by atoms with Crippen molar-refractivity contribution in [3.8, 4) is 11.5 Å². The molecule has 0 aromatic heterocycles. The van der Waals surface area contributed by atoms with E-state index < -0.39 is 0 Å². The van der Waals surface area contributed by atoms with Gasteiger partial charge in [-0.25, -0.2) is 0 Å². The smallest absolute Gasteiger partial charge is 0.177 e. The molecule has 2 atom stereocenters. The van der Waals surface area contributed by atoms with Crippen molar-refractivity contribution in [3.63, 3.8) is 0 Å². The number of hydrogen-bond acceptors (Lipinski definition) is 4. The Balaban J connectivity index is 2.36. The van der Waals surface area contributed by atoms with E-state index in [1.54, 1.807) is 13.2 Å². The van der Waals surface area contributed by atoms with E-state index in [1.807, 2.05) is 6.07 Å². The third-order valence-corrected chi connectivity index (χ3v) is 3.95. The van der Waals surface area contributed by atoms with E-state index in [2.05, 4.69) is 11.9 Å². The first-order chi connectivity index (χ1) is 8.58. The number of phenolic OH excluding ortho intramolecular Hbond substituents is 1. The fourth-order valence-electron chi connectivity index (χ4n) is 2.68. The zero-order valence-electron chi connectivity index (χ0n) is 10.7. The van der Waals surface area contributed by atoms with Gasteiger partial charge in [-0.1, -0.05) is 17.7 Å². The summed E-state index contributed by atoms with van der Waals surface area (Å²) in [4.78, 5) is 2.24. The van der Waals surface area contributed by atoms with Crippen LogP contribution >= 0.6 is 11.6 Å². The van der Waals surface area contributed by atoms with E-state index in [0.29, 0.717) is 23.2 Å². The number of likely N-dealkylation sites (tertiary alicyclic amines) is 1. The maximum atomic E-state index is 9.95. The SMILES string of the molecule is COc1c(C2CC(CN)CN2C)ccc(Cl)c1O. The Kier molecular flexibility index (Phi) is 4.00. The van der Waals surface area contributed by atoms with Crippen LogP contribution in [0, 0.1) is 5.92 Å². The molecule has 0 aliphatic carbocycles. The highest BCUT2D eigenvalue weighted by Gasteiger charge is 2.32. The molecule has 0 radical (unpaired) electrons. The van der Waals surface area contributed by atoms with E-state index in [1.165, 1.54) is 0 Å². The topological polar surface area (TPSA) is 58.7 Å². The van der Waals surface area contributed by atoms with Gasteiger partial charge < -0.3 is 15.6 Å². The van der Waals surface area contributed by atoms with Crippen LogP contribution in [-0.4, -0.2) is 37.3 Å². The highest BCUT2D eigenvalue weighted by atomic mass is 35.5. The van der Waals surface area contributed by atoms with Gasteiger partial charge in [0.2, 0.25) is 0 Å². The van der Waals surface area contributed by atoms with Gasteiger partial charge >= 0.3 is 0 Å². The molecule has 1 saturated heterocycles. The lowest BCUT2D eigenvalue weighted by atomic mass is 9.99. The Labute approximate surface area is 112 Å². The molecule has 4 nitrogen and oxygen atoms in total. The maximum Gasteiger partial charge on any atom is 0.177 e. The van der Waals surface area contributed by atoms with Crippen LogP contribution in [-0.2, 0) is 0 Å². The lowest BCUT2D eigenvalue weighted by Gasteiger charge is -2.22. The largest absolute Gasteiger partial charge is 0.503 e. The van der Waals surface area contributed by atoms with Crippen LogP contribution in [0.3, 0.4) is 0 Å². The summed E-state index contributed by atoms with van der Waals surface area (Å²) in [5.41, 5.74) is 6.70. The minimum Gasteiger partial charge on any atom is -0.503 e. The summed E-state index contributed by atoms with van der Waals surface area (Å²) in [6.07, 6.45) is 0.977. The second kappa shape index (κ2) is 5.34. The number of hydrogen-bond donors (Lipinski definition) is 2. The molecule has 0 bridgehead atoms. The molecule has 1 aromatic carbocycles. The van der Waals surface area contributed by atoms with Crippen molar-refractivity contribution in [2.24, 2.45) is 11.7 Å². The summed E-state index contributed by atoms with van der Waals surface area (Å²) in [5, 5.41) is 10.3. The summed E-state index contributed by atoms with van der Waals surface area (Å²) in [6.45, 7) is 1.65. The lowest BCUT2D eigenvalue weighted by Crippen LogP contribution is -2.20. The molecule has 18 heavy (non-hydrogen) atoms. The fraction of sp³-hybridized carbons (Fsp3) is 0.538. The number of halogens is 1. The predicted octanol–water partition coefficient (Wildman–Crippen LogP) is 2.01. The van der Waals surface area contributed by atoms with Gasteiger partial charge in [-0.3, -0.25) is 4.90 Å². The van der Waals surface area contributed by atoms with Crippen molar-refractivity contribution < 1.29 is 9.84 Å². The molecule has 1 aliphatic heterocycles. The maximum absolute atomic E-state index is 9.95. The first kappa shape index (κ1) is 13.5. The van der Waals surface area contributed by atoms with Crippen LogP contribution in [0.4, 0.5) is 0 Å². The Morgan fingerprint density at radius 1 is 1.56 bits per heavy atom. The quantitative estimate of drug-likeness (QED) is 0.882. The van der Waals surface area contributed by atoms with E-state index in [9.17, 15) is 5.11 Å². The van der Waals surface area contributed by atoms with Gasteiger partial charge in [0.15, 0.2) is 11.5 Å². The van der Waals surface area contributed by atoms with Crippen molar-refractivity contribution in [2.45, 2.75) is 12.5 Å². The number of rotatable bonds is 3. The van der Waals surface area contributed by atoms with Gasteiger partial charge in [0.25, 0.3) is 0 Å². The van der Waals surface area contributed by atoms with Crippen LogP contribution < -0.4 is 10.5 Å². The summed E-state index contributed by atoms with van der Waals surface area (Å²) < 4.78 is 5.29. The first-order valence-corrected chi connectivity index (χ1v) is 6.42. The highest BCUT2D eigenvalue weighted by Crippen LogP contribution is 2.44. The highest BCUT2D eigenvalue weighted by molar-refractivity contribution is 6.32.